The summed E-state index contributed by atoms with van der Waals surface area (Å²) in [6.45, 7) is 0. The van der Waals surface area contributed by atoms with Gasteiger partial charge in [-0.3, -0.25) is 0 Å². The number of hydrogen-bond acceptors (Lipinski definition) is 3. The molecule has 0 N–H and O–H groups in total. The maximum Gasteiger partial charge on any atom is 0.164 e. The molecule has 0 spiro atoms. The Balaban J connectivity index is 1.18. The van der Waals surface area contributed by atoms with Gasteiger partial charge in [0.15, 0.2) is 17.5 Å². The van der Waals surface area contributed by atoms with Crippen LogP contribution >= 0.6 is 0 Å². The van der Waals surface area contributed by atoms with E-state index in [4.69, 9.17) is 15.0 Å². The molecule has 1 aromatic heterocycles. The Labute approximate surface area is 321 Å². The van der Waals surface area contributed by atoms with E-state index >= 15 is 0 Å². The molecule has 1 heterocycles. The summed E-state index contributed by atoms with van der Waals surface area (Å²) in [7, 11) is 0. The van der Waals surface area contributed by atoms with Gasteiger partial charge in [-0.25, -0.2) is 15.0 Å². The normalized spacial score (nSPS) is 12.5. The summed E-state index contributed by atoms with van der Waals surface area (Å²) in [5.74, 6) is 1.90. The zero-order valence-electron chi connectivity index (χ0n) is 30.0. The first-order chi connectivity index (χ1) is 27.3. The molecule has 0 atom stereocenters. The van der Waals surface area contributed by atoms with Crippen molar-refractivity contribution in [3.8, 4) is 67.5 Å². The van der Waals surface area contributed by atoms with E-state index in [0.29, 0.717) is 17.5 Å². The molecule has 9 aromatic rings. The van der Waals surface area contributed by atoms with Crippen LogP contribution in [0.1, 0.15) is 22.3 Å². The fourth-order valence-corrected chi connectivity index (χ4v) is 8.35. The van der Waals surface area contributed by atoms with Crippen LogP contribution in [0.25, 0.3) is 67.5 Å². The number of rotatable bonds is 7. The molecule has 0 fully saturated rings. The van der Waals surface area contributed by atoms with Gasteiger partial charge in [0.2, 0.25) is 0 Å². The molecule has 3 nitrogen and oxygen atoms in total. The first-order valence-electron chi connectivity index (χ1n) is 18.7. The fraction of sp³-hybridized carbons (Fsp3) is 0.0192. The van der Waals surface area contributed by atoms with Gasteiger partial charge in [0.25, 0.3) is 0 Å². The molecule has 0 bridgehead atoms. The lowest BCUT2D eigenvalue weighted by atomic mass is 9.67. The molecular weight excluding hydrogens is 667 g/mol. The first-order valence-corrected chi connectivity index (χ1v) is 18.7. The third-order valence-corrected chi connectivity index (χ3v) is 10.8. The minimum Gasteiger partial charge on any atom is -0.208 e. The molecule has 0 saturated heterocycles. The molecule has 0 radical (unpaired) electrons. The molecule has 8 aromatic carbocycles. The van der Waals surface area contributed by atoms with Crippen LogP contribution in [-0.2, 0) is 5.41 Å². The lowest BCUT2D eigenvalue weighted by molar-refractivity contribution is 0.769. The van der Waals surface area contributed by atoms with E-state index in [1.54, 1.807) is 0 Å². The van der Waals surface area contributed by atoms with E-state index in [9.17, 15) is 0 Å². The van der Waals surface area contributed by atoms with Crippen molar-refractivity contribution in [2.45, 2.75) is 5.41 Å². The molecule has 55 heavy (non-hydrogen) atoms. The highest BCUT2D eigenvalue weighted by Gasteiger charge is 2.46. The Bertz CT molecular complexity index is 2760. The average Bonchev–Trinajstić information content (AvgIpc) is 3.58. The van der Waals surface area contributed by atoms with Crippen LogP contribution in [0.15, 0.2) is 212 Å². The Morgan fingerprint density at radius 3 is 1.40 bits per heavy atom. The Hall–Kier alpha value is -7.23. The zero-order chi connectivity index (χ0) is 36.6. The van der Waals surface area contributed by atoms with E-state index in [1.807, 2.05) is 24.3 Å². The van der Waals surface area contributed by atoms with E-state index in [2.05, 4.69) is 188 Å². The van der Waals surface area contributed by atoms with Gasteiger partial charge in [-0.05, 0) is 67.8 Å². The number of hydrogen-bond donors (Lipinski definition) is 0. The second-order valence-corrected chi connectivity index (χ2v) is 14.0. The minimum absolute atomic E-state index is 0.496. The van der Waals surface area contributed by atoms with Crippen molar-refractivity contribution in [2.24, 2.45) is 0 Å². The van der Waals surface area contributed by atoms with Gasteiger partial charge in [-0.2, -0.15) is 0 Å². The molecule has 3 heteroatoms. The molecule has 1 aliphatic rings. The smallest absolute Gasteiger partial charge is 0.164 e. The van der Waals surface area contributed by atoms with Crippen molar-refractivity contribution in [1.82, 2.24) is 15.0 Å². The molecular formula is C52H35N3. The van der Waals surface area contributed by atoms with Gasteiger partial charge in [0, 0.05) is 16.7 Å². The van der Waals surface area contributed by atoms with E-state index < -0.39 is 5.41 Å². The number of fused-ring (bicyclic) bond motifs is 3. The second kappa shape index (κ2) is 13.6. The van der Waals surface area contributed by atoms with Crippen LogP contribution in [0.4, 0.5) is 0 Å². The van der Waals surface area contributed by atoms with Gasteiger partial charge in [0.05, 0.1) is 5.41 Å². The Kier molecular flexibility index (Phi) is 8.04. The summed E-state index contributed by atoms with van der Waals surface area (Å²) in [6.07, 6.45) is 0. The molecule has 258 valence electrons. The summed E-state index contributed by atoms with van der Waals surface area (Å²) in [6, 6.07) is 75.3. The summed E-state index contributed by atoms with van der Waals surface area (Å²) in [4.78, 5) is 15.5. The number of nitrogens with zero attached hydrogens (tertiary/aromatic N) is 3. The van der Waals surface area contributed by atoms with Crippen molar-refractivity contribution in [3.63, 3.8) is 0 Å². The highest BCUT2D eigenvalue weighted by Crippen LogP contribution is 2.56. The standard InChI is InChI=1S/C52H35N3/c1-5-18-36(19-6-1)38-22-17-23-40(34-38)50-53-49(37-20-7-2-8-21-37)54-51(55-50)46-30-14-13-28-43(46)39-32-33-45-44-29-15-16-31-47(44)52(48(45)35-39,41-24-9-3-10-25-41)42-26-11-4-12-27-42/h1-35H. The summed E-state index contributed by atoms with van der Waals surface area (Å²) < 4.78 is 0. The summed E-state index contributed by atoms with van der Waals surface area (Å²) >= 11 is 0. The molecule has 0 amide bonds. The predicted octanol–water partition coefficient (Wildman–Crippen LogP) is 12.6. The Morgan fingerprint density at radius 1 is 0.255 bits per heavy atom. The van der Waals surface area contributed by atoms with Gasteiger partial charge in [-0.1, -0.05) is 200 Å². The first kappa shape index (κ1) is 32.4. The van der Waals surface area contributed by atoms with Crippen LogP contribution < -0.4 is 0 Å². The van der Waals surface area contributed by atoms with Crippen LogP contribution in [0, 0.1) is 0 Å². The fourth-order valence-electron chi connectivity index (χ4n) is 8.35. The van der Waals surface area contributed by atoms with Crippen LogP contribution in [0.2, 0.25) is 0 Å². The monoisotopic (exact) mass is 701 g/mol. The average molecular weight is 702 g/mol. The van der Waals surface area contributed by atoms with Crippen LogP contribution in [-0.4, -0.2) is 15.0 Å². The lowest BCUT2D eigenvalue weighted by Gasteiger charge is -2.34. The maximum absolute atomic E-state index is 5.23. The minimum atomic E-state index is -0.496. The molecule has 10 rings (SSSR count). The third-order valence-electron chi connectivity index (χ3n) is 10.8. The SMILES string of the molecule is c1ccc(-c2cccc(-c3nc(-c4ccccc4)nc(-c4ccccc4-c4ccc5c(c4)C(c4ccccc4)(c4ccccc4)c4ccccc4-5)n3)c2)cc1. The van der Waals surface area contributed by atoms with Gasteiger partial charge in [-0.15, -0.1) is 0 Å². The van der Waals surface area contributed by atoms with Gasteiger partial charge >= 0.3 is 0 Å². The zero-order valence-corrected chi connectivity index (χ0v) is 30.0. The van der Waals surface area contributed by atoms with Gasteiger partial charge < -0.3 is 0 Å². The highest BCUT2D eigenvalue weighted by atomic mass is 15.0. The van der Waals surface area contributed by atoms with E-state index in [-0.39, 0.29) is 0 Å². The Morgan fingerprint density at radius 2 is 0.727 bits per heavy atom. The van der Waals surface area contributed by atoms with E-state index in [0.717, 1.165) is 38.9 Å². The van der Waals surface area contributed by atoms with Crippen LogP contribution in [0.5, 0.6) is 0 Å². The van der Waals surface area contributed by atoms with Crippen molar-refractivity contribution in [3.05, 3.63) is 235 Å². The predicted molar refractivity (Wildman–Crippen MR) is 224 cm³/mol. The number of aromatic nitrogens is 3. The largest absolute Gasteiger partial charge is 0.208 e. The quantitative estimate of drug-likeness (QED) is 0.166. The maximum atomic E-state index is 5.23. The lowest BCUT2D eigenvalue weighted by Crippen LogP contribution is -2.28. The number of benzene rings is 8. The van der Waals surface area contributed by atoms with Crippen molar-refractivity contribution >= 4 is 0 Å². The highest BCUT2D eigenvalue weighted by molar-refractivity contribution is 5.90. The molecule has 0 aliphatic heterocycles. The van der Waals surface area contributed by atoms with Crippen LogP contribution in [0.3, 0.4) is 0 Å². The molecule has 0 saturated carbocycles. The summed E-state index contributed by atoms with van der Waals surface area (Å²) in [5, 5.41) is 0. The molecule has 1 aliphatic carbocycles. The summed E-state index contributed by atoms with van der Waals surface area (Å²) in [5.41, 5.74) is 14.3. The second-order valence-electron chi connectivity index (χ2n) is 14.0. The molecule has 0 unspecified atom stereocenters. The van der Waals surface area contributed by atoms with Crippen molar-refractivity contribution in [1.29, 1.82) is 0 Å². The van der Waals surface area contributed by atoms with Gasteiger partial charge in [0.1, 0.15) is 0 Å². The third kappa shape index (κ3) is 5.57. The topological polar surface area (TPSA) is 38.7 Å². The van der Waals surface area contributed by atoms with E-state index in [1.165, 1.54) is 33.4 Å². The van der Waals surface area contributed by atoms with Crippen molar-refractivity contribution < 1.29 is 0 Å². The van der Waals surface area contributed by atoms with Crippen molar-refractivity contribution in [2.75, 3.05) is 0 Å².